The van der Waals surface area contributed by atoms with Gasteiger partial charge in [0.1, 0.15) is 5.82 Å². The Labute approximate surface area is 189 Å². The average molecular weight is 400 g/mol. The number of hydrogen-bond donors (Lipinski definition) is 3. The van der Waals surface area contributed by atoms with Gasteiger partial charge in [0.05, 0.1) is 18.6 Å². The Morgan fingerprint density at radius 2 is 1.89 bits per heavy atom. The average Bonchev–Trinajstić information content (AvgIpc) is 2.97. The Morgan fingerprint density at radius 1 is 1.25 bits per heavy atom. The van der Waals surface area contributed by atoms with Gasteiger partial charge in [-0.2, -0.15) is 0 Å². The zero-order valence-corrected chi connectivity index (χ0v) is 18.9. The number of aliphatic carboxylic acids is 1. The van der Waals surface area contributed by atoms with Crippen LogP contribution in [0.2, 0.25) is 0 Å². The van der Waals surface area contributed by atoms with E-state index in [9.17, 15) is 19.4 Å². The van der Waals surface area contributed by atoms with E-state index in [1.54, 1.807) is 18.2 Å². The molecule has 4 unspecified atom stereocenters. The molecule has 0 aromatic heterocycles. The topological polar surface area (TPSA) is 77.8 Å². The quantitative estimate of drug-likeness (QED) is 0.546. The van der Waals surface area contributed by atoms with Crippen LogP contribution in [-0.4, -0.2) is 33.5 Å². The molecule has 1 aromatic rings. The molecular weight excluding hydrogens is 370 g/mol. The first kappa shape index (κ1) is 25.1. The van der Waals surface area contributed by atoms with Crippen LogP contribution in [-0.2, 0) is 4.79 Å². The van der Waals surface area contributed by atoms with E-state index in [2.05, 4.69) is 13.8 Å². The van der Waals surface area contributed by atoms with Gasteiger partial charge < -0.3 is 16.7 Å². The fraction of sp³-hybridized carbons (Fsp3) is 0.500. The third kappa shape index (κ3) is 6.82. The normalized spacial score (nSPS) is 21.6. The molecule has 0 bridgehead atoms. The molecule has 0 saturated heterocycles. The van der Waals surface area contributed by atoms with E-state index in [-0.39, 0.29) is 49.6 Å². The molecule has 2 rings (SSSR count). The Kier molecular flexibility index (Phi) is 10.6. The van der Waals surface area contributed by atoms with Crippen LogP contribution >= 0.6 is 0 Å². The second-order valence-electron chi connectivity index (χ2n) is 7.24. The Morgan fingerprint density at radius 3 is 2.43 bits per heavy atom. The largest absolute Gasteiger partial charge is 1.00 e. The Bertz CT molecular complexity index is 705. The first-order valence-electron chi connectivity index (χ1n) is 9.60. The van der Waals surface area contributed by atoms with Gasteiger partial charge in [0.25, 0.3) is 0 Å². The third-order valence-electron chi connectivity index (χ3n) is 5.36. The van der Waals surface area contributed by atoms with Crippen LogP contribution in [0.25, 0.3) is 5.57 Å². The van der Waals surface area contributed by atoms with Gasteiger partial charge in [-0.25, -0.2) is 4.39 Å². The fourth-order valence-electron chi connectivity index (χ4n) is 4.00. The molecule has 0 heterocycles. The summed E-state index contributed by atoms with van der Waals surface area (Å²) in [5, 5.41) is 28.6. The van der Waals surface area contributed by atoms with Crippen LogP contribution in [0.5, 0.6) is 0 Å². The molecule has 28 heavy (non-hydrogen) atoms. The van der Waals surface area contributed by atoms with Crippen LogP contribution in [0.1, 0.15) is 52.9 Å². The van der Waals surface area contributed by atoms with E-state index in [0.29, 0.717) is 11.8 Å². The van der Waals surface area contributed by atoms with Gasteiger partial charge in [0.2, 0.25) is 0 Å². The SMILES string of the molecule is CCC1CC(c2ccc(F)cc2)=C(C=CC(O)CC(O)CC(=O)O)C1CC.[H-].[Na+]. The van der Waals surface area contributed by atoms with E-state index in [4.69, 9.17) is 5.11 Å². The van der Waals surface area contributed by atoms with Crippen molar-refractivity contribution in [2.75, 3.05) is 0 Å². The van der Waals surface area contributed by atoms with Gasteiger partial charge >= 0.3 is 35.5 Å². The van der Waals surface area contributed by atoms with Gasteiger partial charge in [-0.05, 0) is 53.5 Å². The number of halogens is 1. The molecule has 1 aliphatic rings. The van der Waals surface area contributed by atoms with Gasteiger partial charge in [0.15, 0.2) is 0 Å². The summed E-state index contributed by atoms with van der Waals surface area (Å²) < 4.78 is 13.3. The zero-order chi connectivity index (χ0) is 20.0. The van der Waals surface area contributed by atoms with Crippen molar-refractivity contribution in [3.05, 3.63) is 53.4 Å². The summed E-state index contributed by atoms with van der Waals surface area (Å²) in [6, 6.07) is 6.49. The van der Waals surface area contributed by atoms with Crippen LogP contribution in [0.4, 0.5) is 4.39 Å². The third-order valence-corrected chi connectivity index (χ3v) is 5.36. The first-order valence-corrected chi connectivity index (χ1v) is 9.60. The Hall–Kier alpha value is -0.980. The van der Waals surface area contributed by atoms with Crippen molar-refractivity contribution in [2.45, 2.75) is 58.2 Å². The Balaban J connectivity index is 0.00000392. The smallest absolute Gasteiger partial charge is 1.00 e. The number of allylic oxidation sites excluding steroid dienone is 3. The van der Waals surface area contributed by atoms with E-state index in [1.807, 2.05) is 6.08 Å². The van der Waals surface area contributed by atoms with E-state index < -0.39 is 18.2 Å². The van der Waals surface area contributed by atoms with E-state index in [0.717, 1.165) is 30.4 Å². The van der Waals surface area contributed by atoms with Crippen LogP contribution in [0, 0.1) is 17.7 Å². The number of carbonyl (C=O) groups is 1. The zero-order valence-electron chi connectivity index (χ0n) is 17.9. The molecule has 0 radical (unpaired) electrons. The molecule has 1 aliphatic carbocycles. The molecule has 4 atom stereocenters. The summed E-state index contributed by atoms with van der Waals surface area (Å²) in [4.78, 5) is 10.6. The number of aliphatic hydroxyl groups is 2. The maximum absolute atomic E-state index is 13.3. The van der Waals surface area contributed by atoms with Crippen molar-refractivity contribution in [3.63, 3.8) is 0 Å². The number of aliphatic hydroxyl groups excluding tert-OH is 2. The van der Waals surface area contributed by atoms with Crippen LogP contribution in [0.15, 0.2) is 42.0 Å². The molecule has 0 amide bonds. The number of benzene rings is 1. The van der Waals surface area contributed by atoms with Crippen LogP contribution < -0.4 is 29.6 Å². The second-order valence-corrected chi connectivity index (χ2v) is 7.24. The molecule has 0 aliphatic heterocycles. The molecular formula is C22H30FNaO4. The summed E-state index contributed by atoms with van der Waals surface area (Å²) in [6.07, 6.45) is 4.06. The first-order chi connectivity index (χ1) is 12.8. The molecule has 0 saturated carbocycles. The van der Waals surface area contributed by atoms with Gasteiger partial charge in [0, 0.05) is 6.42 Å². The van der Waals surface area contributed by atoms with E-state index >= 15 is 0 Å². The van der Waals surface area contributed by atoms with Gasteiger partial charge in [-0.1, -0.05) is 44.6 Å². The standard InChI is InChI=1S/C22H29FO4.Na.H/c1-3-14-11-21(15-5-7-16(23)8-6-15)20(19(14)4-2)10-9-17(24)12-18(25)13-22(26)27;;/h5-10,14,17-19,24-25H,3-4,11-13H2,1-2H3,(H,26,27);;/q;+1;-1. The summed E-state index contributed by atoms with van der Waals surface area (Å²) >= 11 is 0. The van der Waals surface area contributed by atoms with Crippen molar-refractivity contribution in [3.8, 4) is 0 Å². The van der Waals surface area contributed by atoms with Gasteiger partial charge in [-0.15, -0.1) is 0 Å². The van der Waals surface area contributed by atoms with Crippen molar-refractivity contribution in [1.82, 2.24) is 0 Å². The number of rotatable bonds is 9. The minimum absolute atomic E-state index is 0. The minimum atomic E-state index is -1.09. The maximum Gasteiger partial charge on any atom is 1.00 e. The van der Waals surface area contributed by atoms with E-state index in [1.165, 1.54) is 17.7 Å². The minimum Gasteiger partial charge on any atom is -1.00 e. The summed E-state index contributed by atoms with van der Waals surface area (Å²) in [6.45, 7) is 4.31. The molecule has 0 spiro atoms. The monoisotopic (exact) mass is 400 g/mol. The van der Waals surface area contributed by atoms with Crippen molar-refractivity contribution < 1.29 is 55.5 Å². The molecule has 4 nitrogen and oxygen atoms in total. The van der Waals surface area contributed by atoms with Crippen LogP contribution in [0.3, 0.4) is 0 Å². The molecule has 1 aromatic carbocycles. The summed E-state index contributed by atoms with van der Waals surface area (Å²) in [7, 11) is 0. The van der Waals surface area contributed by atoms with Crippen molar-refractivity contribution in [1.29, 1.82) is 0 Å². The van der Waals surface area contributed by atoms with Gasteiger partial charge in [-0.3, -0.25) is 4.79 Å². The summed E-state index contributed by atoms with van der Waals surface area (Å²) in [5.74, 6) is -0.490. The number of carboxylic acid groups (broad SMARTS) is 1. The van der Waals surface area contributed by atoms with Crippen molar-refractivity contribution >= 4 is 11.5 Å². The number of hydrogen-bond acceptors (Lipinski definition) is 3. The second kappa shape index (κ2) is 11.9. The van der Waals surface area contributed by atoms with Crippen molar-refractivity contribution in [2.24, 2.45) is 11.8 Å². The predicted octanol–water partition coefficient (Wildman–Crippen LogP) is 1.29. The maximum atomic E-state index is 13.3. The fourth-order valence-corrected chi connectivity index (χ4v) is 4.00. The molecule has 0 fully saturated rings. The molecule has 3 N–H and O–H groups in total. The predicted molar refractivity (Wildman–Crippen MR) is 105 cm³/mol. The summed E-state index contributed by atoms with van der Waals surface area (Å²) in [5.41, 5.74) is 3.30. The molecule has 6 heteroatoms. The number of carboxylic acids is 1. The molecule has 150 valence electrons.